The Morgan fingerprint density at radius 3 is 2.35 bits per heavy atom. The van der Waals surface area contributed by atoms with Gasteiger partial charge in [-0.05, 0) is 6.07 Å². The second-order valence-electron chi connectivity index (χ2n) is 2.90. The molecule has 17 heavy (non-hydrogen) atoms. The second kappa shape index (κ2) is 7.30. The van der Waals surface area contributed by atoms with Crippen molar-refractivity contribution in [1.29, 1.82) is 0 Å². The molecule has 0 saturated heterocycles. The maximum Gasteiger partial charge on any atom is 1.00 e. The minimum atomic E-state index is -1.37. The Labute approximate surface area is 111 Å². The van der Waals surface area contributed by atoms with Crippen LogP contribution < -0.4 is 28.7 Å². The van der Waals surface area contributed by atoms with Gasteiger partial charge in [-0.2, -0.15) is 0 Å². The number of pyridine rings is 1. The van der Waals surface area contributed by atoms with Gasteiger partial charge in [0.05, 0.1) is 30.5 Å². The topological polar surface area (TPSA) is 80.7 Å². The number of carboxylic acid groups (broad SMARTS) is 1. The molecule has 0 saturated carbocycles. The molecule has 0 aliphatic rings. The molecule has 0 aliphatic carbocycles. The number of methoxy groups -OCH3 is 3. The average molecular weight is 233 g/mol. The van der Waals surface area contributed by atoms with E-state index in [-0.39, 0.29) is 24.6 Å². The van der Waals surface area contributed by atoms with Crippen LogP contribution in [0.2, 0.25) is 0 Å². The normalized spacial score (nSPS) is 9.88. The van der Waals surface area contributed by atoms with Crippen LogP contribution in [0.15, 0.2) is 12.3 Å². The van der Waals surface area contributed by atoms with Gasteiger partial charge in [-0.1, -0.05) is 0 Å². The monoisotopic (exact) mass is 233 g/mol. The maximum absolute atomic E-state index is 10.7. The van der Waals surface area contributed by atoms with Crippen LogP contribution in [-0.4, -0.2) is 32.3 Å². The predicted octanol–water partition coefficient (Wildman–Crippen LogP) is -3.25. The molecule has 6 nitrogen and oxygen atoms in total. The standard InChI is InChI=1S/C10H13NO5.Li/c1-14-8-5-11-7(9(12)13)4-6(8)10(15-2)16-3;/h4-5,10H,1-3H3,(H,12,13);/q;+1/p-1. The molecule has 7 heteroatoms. The van der Waals surface area contributed by atoms with Gasteiger partial charge in [0, 0.05) is 14.2 Å². The van der Waals surface area contributed by atoms with Gasteiger partial charge in [0.2, 0.25) is 0 Å². The summed E-state index contributed by atoms with van der Waals surface area (Å²) in [5.41, 5.74) is 0.247. The quantitative estimate of drug-likeness (QED) is 0.392. The van der Waals surface area contributed by atoms with Crippen molar-refractivity contribution in [2.45, 2.75) is 6.29 Å². The molecule has 1 aromatic heterocycles. The van der Waals surface area contributed by atoms with E-state index in [1.807, 2.05) is 0 Å². The first-order valence-corrected chi connectivity index (χ1v) is 4.45. The zero-order chi connectivity index (χ0) is 12.1. The third-order valence-electron chi connectivity index (χ3n) is 2.01. The van der Waals surface area contributed by atoms with Gasteiger partial charge >= 0.3 is 18.9 Å². The number of nitrogens with zero attached hydrogens (tertiary/aromatic N) is 1. The van der Waals surface area contributed by atoms with Crippen LogP contribution in [0, 0.1) is 0 Å². The van der Waals surface area contributed by atoms with Gasteiger partial charge in [-0.25, -0.2) is 0 Å². The minimum absolute atomic E-state index is 0. The fourth-order valence-electron chi connectivity index (χ4n) is 1.27. The second-order valence-corrected chi connectivity index (χ2v) is 2.90. The maximum atomic E-state index is 10.7. The molecule has 0 radical (unpaired) electrons. The summed E-state index contributed by atoms with van der Waals surface area (Å²) in [6.45, 7) is 0. The molecule has 0 atom stereocenters. The number of hydrogen-bond donors (Lipinski definition) is 0. The van der Waals surface area contributed by atoms with Gasteiger partial charge in [0.1, 0.15) is 5.75 Å². The molecule has 0 unspecified atom stereocenters. The minimum Gasteiger partial charge on any atom is -0.543 e. The predicted molar refractivity (Wildman–Crippen MR) is 51.9 cm³/mol. The third-order valence-corrected chi connectivity index (χ3v) is 2.01. The van der Waals surface area contributed by atoms with Gasteiger partial charge in [-0.15, -0.1) is 0 Å². The molecular formula is C10H12LiNO5. The van der Waals surface area contributed by atoms with Crippen LogP contribution in [0.25, 0.3) is 0 Å². The molecule has 1 heterocycles. The number of carbonyl (C=O) groups excluding carboxylic acids is 1. The van der Waals surface area contributed by atoms with Crippen LogP contribution in [0.4, 0.5) is 0 Å². The van der Waals surface area contributed by atoms with E-state index in [9.17, 15) is 9.90 Å². The van der Waals surface area contributed by atoms with Gasteiger partial charge in [-0.3, -0.25) is 4.98 Å². The Morgan fingerprint density at radius 1 is 1.35 bits per heavy atom. The number of carbonyl (C=O) groups is 1. The Hall–Kier alpha value is -1.06. The van der Waals surface area contributed by atoms with Gasteiger partial charge in [0.15, 0.2) is 6.29 Å². The number of carboxylic acids is 1. The third kappa shape index (κ3) is 3.72. The summed E-state index contributed by atoms with van der Waals surface area (Å²) >= 11 is 0. The molecule has 0 bridgehead atoms. The summed E-state index contributed by atoms with van der Waals surface area (Å²) in [6.07, 6.45) is 0.571. The van der Waals surface area contributed by atoms with Crippen molar-refractivity contribution in [3.63, 3.8) is 0 Å². The first-order chi connectivity index (χ1) is 7.63. The van der Waals surface area contributed by atoms with E-state index in [1.165, 1.54) is 33.6 Å². The van der Waals surface area contributed by atoms with E-state index in [0.717, 1.165) is 0 Å². The first kappa shape index (κ1) is 15.9. The van der Waals surface area contributed by atoms with E-state index < -0.39 is 12.3 Å². The zero-order valence-electron chi connectivity index (χ0n) is 10.2. The zero-order valence-corrected chi connectivity index (χ0v) is 10.2. The molecule has 0 amide bonds. The summed E-state index contributed by atoms with van der Waals surface area (Å²) in [4.78, 5) is 14.3. The Balaban J connectivity index is 0.00000256. The van der Waals surface area contributed by atoms with Crippen molar-refractivity contribution in [2.24, 2.45) is 0 Å². The SMILES string of the molecule is COc1cnc(C(=O)[O-])cc1C(OC)OC.[Li+]. The summed E-state index contributed by atoms with van der Waals surface area (Å²) in [5.74, 6) is -0.978. The van der Waals surface area contributed by atoms with E-state index in [4.69, 9.17) is 14.2 Å². The summed E-state index contributed by atoms with van der Waals surface area (Å²) < 4.78 is 15.1. The average Bonchev–Trinajstić information content (AvgIpc) is 2.30. The molecule has 88 valence electrons. The number of hydrogen-bond acceptors (Lipinski definition) is 6. The molecule has 1 aromatic rings. The molecule has 0 fully saturated rings. The van der Waals surface area contributed by atoms with E-state index in [2.05, 4.69) is 4.98 Å². The largest absolute Gasteiger partial charge is 1.00 e. The Bertz CT molecular complexity index is 381. The number of aromatic nitrogens is 1. The van der Waals surface area contributed by atoms with E-state index in [0.29, 0.717) is 11.3 Å². The Kier molecular flexibility index (Phi) is 6.84. The summed E-state index contributed by atoms with van der Waals surface area (Å²) in [6, 6.07) is 1.30. The van der Waals surface area contributed by atoms with Crippen LogP contribution in [-0.2, 0) is 9.47 Å². The van der Waals surface area contributed by atoms with Crippen LogP contribution in [0.3, 0.4) is 0 Å². The molecule has 0 N–H and O–H groups in total. The molecular weight excluding hydrogens is 221 g/mol. The van der Waals surface area contributed by atoms with E-state index >= 15 is 0 Å². The molecule has 0 aliphatic heterocycles. The fraction of sp³-hybridized carbons (Fsp3) is 0.400. The molecule has 0 aromatic carbocycles. The molecule has 1 rings (SSSR count). The first-order valence-electron chi connectivity index (χ1n) is 4.45. The number of ether oxygens (including phenoxy) is 3. The van der Waals surface area contributed by atoms with Crippen molar-refractivity contribution in [1.82, 2.24) is 4.98 Å². The summed E-state index contributed by atoms with van der Waals surface area (Å²) in [5, 5.41) is 10.7. The van der Waals surface area contributed by atoms with Crippen molar-refractivity contribution in [3.05, 3.63) is 23.5 Å². The Morgan fingerprint density at radius 2 is 1.94 bits per heavy atom. The molecule has 0 spiro atoms. The van der Waals surface area contributed by atoms with Crippen molar-refractivity contribution in [3.8, 4) is 5.75 Å². The van der Waals surface area contributed by atoms with Crippen LogP contribution in [0.5, 0.6) is 5.75 Å². The number of aromatic carboxylic acids is 1. The van der Waals surface area contributed by atoms with Crippen molar-refractivity contribution in [2.75, 3.05) is 21.3 Å². The van der Waals surface area contributed by atoms with Gasteiger partial charge < -0.3 is 24.1 Å². The van der Waals surface area contributed by atoms with Crippen molar-refractivity contribution >= 4 is 5.97 Å². The summed E-state index contributed by atoms with van der Waals surface area (Å²) in [7, 11) is 4.32. The van der Waals surface area contributed by atoms with E-state index in [1.54, 1.807) is 0 Å². The fourth-order valence-corrected chi connectivity index (χ4v) is 1.27. The smallest absolute Gasteiger partial charge is 0.543 e. The van der Waals surface area contributed by atoms with Crippen molar-refractivity contribution < 1.29 is 43.0 Å². The van der Waals surface area contributed by atoms with Crippen LogP contribution >= 0.6 is 0 Å². The van der Waals surface area contributed by atoms with Gasteiger partial charge in [0.25, 0.3) is 0 Å². The number of rotatable bonds is 5. The van der Waals surface area contributed by atoms with Crippen LogP contribution in [0.1, 0.15) is 22.3 Å².